The highest BCUT2D eigenvalue weighted by Gasteiger charge is 2.09. The first-order valence-corrected chi connectivity index (χ1v) is 3.90. The Kier molecular flexibility index (Phi) is 5.08. The number of carbonyl (C=O) groups excluding carboxylic acids is 1. The number of carbonyl (C=O) groups is 2. The van der Waals surface area contributed by atoms with Gasteiger partial charge in [0, 0.05) is 6.92 Å². The van der Waals surface area contributed by atoms with E-state index >= 15 is 0 Å². The molecule has 12 heavy (non-hydrogen) atoms. The molecule has 0 aliphatic heterocycles. The van der Waals surface area contributed by atoms with Gasteiger partial charge in [-0.2, -0.15) is 0 Å². The summed E-state index contributed by atoms with van der Waals surface area (Å²) in [6.07, 6.45) is 1.15. The van der Waals surface area contributed by atoms with Crippen LogP contribution in [0.25, 0.3) is 0 Å². The van der Waals surface area contributed by atoms with E-state index in [4.69, 9.17) is 5.11 Å². The Morgan fingerprint density at radius 3 is 2.50 bits per heavy atom. The molecule has 0 aromatic rings. The van der Waals surface area contributed by atoms with Gasteiger partial charge >= 0.3 is 11.9 Å². The number of hydrogen-bond donors (Lipinski definition) is 1. The lowest BCUT2D eigenvalue weighted by molar-refractivity contribution is -0.141. The molecular formula is C8H14O4. The molecule has 0 aliphatic rings. The van der Waals surface area contributed by atoms with Gasteiger partial charge in [0.05, 0.1) is 12.5 Å². The minimum absolute atomic E-state index is 0.312. The van der Waals surface area contributed by atoms with Gasteiger partial charge in [0.1, 0.15) is 0 Å². The van der Waals surface area contributed by atoms with Crippen LogP contribution in [0.3, 0.4) is 0 Å². The van der Waals surface area contributed by atoms with Crippen LogP contribution >= 0.6 is 0 Å². The molecule has 1 atom stereocenters. The summed E-state index contributed by atoms with van der Waals surface area (Å²) in [6, 6.07) is 0. The van der Waals surface area contributed by atoms with Crippen molar-refractivity contribution < 1.29 is 19.4 Å². The van der Waals surface area contributed by atoms with Crippen LogP contribution in [0.1, 0.15) is 26.7 Å². The SMILES string of the molecule is CC(=O)OCCCC(C)C(=O)O. The summed E-state index contributed by atoms with van der Waals surface area (Å²) in [7, 11) is 0. The van der Waals surface area contributed by atoms with E-state index in [-0.39, 0.29) is 11.9 Å². The first-order chi connectivity index (χ1) is 5.54. The van der Waals surface area contributed by atoms with Crippen molar-refractivity contribution in [1.82, 2.24) is 0 Å². The van der Waals surface area contributed by atoms with Crippen molar-refractivity contribution in [3.8, 4) is 0 Å². The summed E-state index contributed by atoms with van der Waals surface area (Å²) in [5.41, 5.74) is 0. The van der Waals surface area contributed by atoms with Gasteiger partial charge in [-0.3, -0.25) is 9.59 Å². The largest absolute Gasteiger partial charge is 0.481 e. The maximum absolute atomic E-state index is 10.3. The Morgan fingerprint density at radius 2 is 2.08 bits per heavy atom. The summed E-state index contributed by atoms with van der Waals surface area (Å²) in [6.45, 7) is 3.28. The summed E-state index contributed by atoms with van der Waals surface area (Å²) < 4.78 is 4.64. The minimum atomic E-state index is -0.808. The molecule has 0 radical (unpaired) electrons. The summed E-state index contributed by atoms with van der Waals surface area (Å²) in [5.74, 6) is -1.49. The molecule has 0 rings (SSSR count). The maximum Gasteiger partial charge on any atom is 0.306 e. The average Bonchev–Trinajstić information content (AvgIpc) is 1.97. The first kappa shape index (κ1) is 10.9. The van der Waals surface area contributed by atoms with Crippen LogP contribution in [-0.2, 0) is 14.3 Å². The standard InChI is InChI=1S/C8H14O4/c1-6(8(10)11)4-3-5-12-7(2)9/h6H,3-5H2,1-2H3,(H,10,11). The van der Waals surface area contributed by atoms with Crippen molar-refractivity contribution in [3.05, 3.63) is 0 Å². The summed E-state index contributed by atoms with van der Waals surface area (Å²) in [4.78, 5) is 20.6. The van der Waals surface area contributed by atoms with Crippen LogP contribution in [0.5, 0.6) is 0 Å². The molecule has 0 amide bonds. The van der Waals surface area contributed by atoms with Gasteiger partial charge in [0.2, 0.25) is 0 Å². The topological polar surface area (TPSA) is 63.6 Å². The number of ether oxygens (including phenoxy) is 1. The molecule has 1 N–H and O–H groups in total. The van der Waals surface area contributed by atoms with Crippen LogP contribution in [0.4, 0.5) is 0 Å². The number of rotatable bonds is 5. The van der Waals surface area contributed by atoms with Crippen molar-refractivity contribution in [2.75, 3.05) is 6.61 Å². The van der Waals surface area contributed by atoms with Crippen LogP contribution in [0, 0.1) is 5.92 Å². The van der Waals surface area contributed by atoms with E-state index in [1.165, 1.54) is 6.92 Å². The Hall–Kier alpha value is -1.06. The van der Waals surface area contributed by atoms with Crippen molar-refractivity contribution in [2.24, 2.45) is 5.92 Å². The van der Waals surface area contributed by atoms with Gasteiger partial charge in [-0.25, -0.2) is 0 Å². The molecule has 0 aromatic carbocycles. The highest BCUT2D eigenvalue weighted by atomic mass is 16.5. The molecule has 0 bridgehead atoms. The predicted octanol–water partition coefficient (Wildman–Crippen LogP) is 1.05. The zero-order valence-corrected chi connectivity index (χ0v) is 7.37. The van der Waals surface area contributed by atoms with Crippen molar-refractivity contribution in [2.45, 2.75) is 26.7 Å². The van der Waals surface area contributed by atoms with E-state index in [0.29, 0.717) is 19.4 Å². The van der Waals surface area contributed by atoms with Gasteiger partial charge in [-0.1, -0.05) is 6.92 Å². The summed E-state index contributed by atoms with van der Waals surface area (Å²) >= 11 is 0. The molecule has 1 unspecified atom stereocenters. The number of carboxylic acids is 1. The van der Waals surface area contributed by atoms with Crippen LogP contribution in [0.15, 0.2) is 0 Å². The lowest BCUT2D eigenvalue weighted by Crippen LogP contribution is -2.10. The second-order valence-corrected chi connectivity index (χ2v) is 2.72. The molecule has 0 saturated carbocycles. The van der Waals surface area contributed by atoms with E-state index < -0.39 is 5.97 Å². The molecule has 70 valence electrons. The third-order valence-electron chi connectivity index (χ3n) is 1.51. The second kappa shape index (κ2) is 5.57. The molecule has 0 fully saturated rings. The van der Waals surface area contributed by atoms with Crippen LogP contribution < -0.4 is 0 Å². The minimum Gasteiger partial charge on any atom is -0.481 e. The smallest absolute Gasteiger partial charge is 0.306 e. The fourth-order valence-electron chi connectivity index (χ4n) is 0.729. The van der Waals surface area contributed by atoms with E-state index in [2.05, 4.69) is 4.74 Å². The molecular weight excluding hydrogens is 160 g/mol. The van der Waals surface area contributed by atoms with E-state index in [1.54, 1.807) is 6.92 Å². The molecule has 0 aliphatic carbocycles. The summed E-state index contributed by atoms with van der Waals surface area (Å²) in [5, 5.41) is 8.48. The predicted molar refractivity (Wildman–Crippen MR) is 42.7 cm³/mol. The Labute approximate surface area is 71.5 Å². The molecule has 4 nitrogen and oxygen atoms in total. The lowest BCUT2D eigenvalue weighted by Gasteiger charge is -2.05. The van der Waals surface area contributed by atoms with E-state index in [9.17, 15) is 9.59 Å². The quantitative estimate of drug-likeness (QED) is 0.499. The van der Waals surface area contributed by atoms with Gasteiger partial charge in [-0.15, -0.1) is 0 Å². The fourth-order valence-corrected chi connectivity index (χ4v) is 0.729. The zero-order valence-electron chi connectivity index (χ0n) is 7.37. The van der Waals surface area contributed by atoms with E-state index in [1.807, 2.05) is 0 Å². The Bertz CT molecular complexity index is 164. The van der Waals surface area contributed by atoms with Gasteiger partial charge in [0.25, 0.3) is 0 Å². The first-order valence-electron chi connectivity index (χ1n) is 3.90. The van der Waals surface area contributed by atoms with Crippen molar-refractivity contribution >= 4 is 11.9 Å². The number of esters is 1. The zero-order chi connectivity index (χ0) is 9.56. The normalized spacial score (nSPS) is 12.2. The highest BCUT2D eigenvalue weighted by Crippen LogP contribution is 2.04. The number of carboxylic acid groups (broad SMARTS) is 1. The third kappa shape index (κ3) is 5.70. The number of hydrogen-bond acceptors (Lipinski definition) is 3. The monoisotopic (exact) mass is 174 g/mol. The molecule has 0 saturated heterocycles. The second-order valence-electron chi connectivity index (χ2n) is 2.72. The third-order valence-corrected chi connectivity index (χ3v) is 1.51. The lowest BCUT2D eigenvalue weighted by atomic mass is 10.1. The van der Waals surface area contributed by atoms with Gasteiger partial charge in [-0.05, 0) is 12.8 Å². The number of aliphatic carboxylic acids is 1. The van der Waals surface area contributed by atoms with Crippen LogP contribution in [-0.4, -0.2) is 23.7 Å². The Balaban J connectivity index is 3.31. The fraction of sp³-hybridized carbons (Fsp3) is 0.750. The Morgan fingerprint density at radius 1 is 1.50 bits per heavy atom. The van der Waals surface area contributed by atoms with Crippen molar-refractivity contribution in [3.63, 3.8) is 0 Å². The molecule has 0 aromatic heterocycles. The van der Waals surface area contributed by atoms with Crippen LogP contribution in [0.2, 0.25) is 0 Å². The molecule has 0 heterocycles. The van der Waals surface area contributed by atoms with Gasteiger partial charge in [0.15, 0.2) is 0 Å². The average molecular weight is 174 g/mol. The molecule has 0 spiro atoms. The molecule has 4 heteroatoms. The van der Waals surface area contributed by atoms with Crippen molar-refractivity contribution in [1.29, 1.82) is 0 Å². The van der Waals surface area contributed by atoms with E-state index in [0.717, 1.165) is 0 Å². The highest BCUT2D eigenvalue weighted by molar-refractivity contribution is 5.69. The van der Waals surface area contributed by atoms with Gasteiger partial charge < -0.3 is 9.84 Å². The maximum atomic E-state index is 10.3.